The van der Waals surface area contributed by atoms with Crippen LogP contribution in [0.3, 0.4) is 0 Å². The van der Waals surface area contributed by atoms with Gasteiger partial charge in [0.2, 0.25) is 0 Å². The lowest BCUT2D eigenvalue weighted by Gasteiger charge is -2.12. The van der Waals surface area contributed by atoms with E-state index in [4.69, 9.17) is 0 Å². The maximum atomic E-state index is 9.38. The molecule has 0 aromatic heterocycles. The van der Waals surface area contributed by atoms with Crippen LogP contribution in [0, 0.1) is 0 Å². The topological polar surface area (TPSA) is 32.3 Å². The first kappa shape index (κ1) is 11.8. The minimum absolute atomic E-state index is 0.0735. The third-order valence-electron chi connectivity index (χ3n) is 2.86. The standard InChI is InChI=1S/C15H17NO/c1-16-10-12-6-2-4-8-14(12)15-9-5-3-7-13(15)11-17/h2-9,16-17H,10-11H2,1H3. The first-order valence-electron chi connectivity index (χ1n) is 5.78. The van der Waals surface area contributed by atoms with Crippen LogP contribution in [0.5, 0.6) is 0 Å². The van der Waals surface area contributed by atoms with Crippen LogP contribution in [-0.4, -0.2) is 12.2 Å². The Balaban J connectivity index is 2.52. The maximum absolute atomic E-state index is 9.38. The van der Waals surface area contributed by atoms with Crippen molar-refractivity contribution in [3.8, 4) is 11.1 Å². The minimum Gasteiger partial charge on any atom is -0.392 e. The van der Waals surface area contributed by atoms with Gasteiger partial charge in [0.1, 0.15) is 0 Å². The number of nitrogens with one attached hydrogen (secondary N) is 1. The molecule has 0 aliphatic heterocycles. The zero-order chi connectivity index (χ0) is 12.1. The zero-order valence-corrected chi connectivity index (χ0v) is 9.98. The third-order valence-corrected chi connectivity index (χ3v) is 2.86. The highest BCUT2D eigenvalue weighted by Crippen LogP contribution is 2.27. The van der Waals surface area contributed by atoms with Crippen molar-refractivity contribution in [1.82, 2.24) is 5.32 Å². The molecule has 0 unspecified atom stereocenters. The average molecular weight is 227 g/mol. The fraction of sp³-hybridized carbons (Fsp3) is 0.200. The molecule has 0 aliphatic rings. The average Bonchev–Trinajstić information content (AvgIpc) is 2.40. The van der Waals surface area contributed by atoms with Crippen LogP contribution in [-0.2, 0) is 13.2 Å². The first-order valence-corrected chi connectivity index (χ1v) is 5.78. The van der Waals surface area contributed by atoms with Crippen molar-refractivity contribution in [1.29, 1.82) is 0 Å². The Kier molecular flexibility index (Phi) is 3.91. The van der Waals surface area contributed by atoms with Gasteiger partial charge < -0.3 is 10.4 Å². The summed E-state index contributed by atoms with van der Waals surface area (Å²) < 4.78 is 0. The molecule has 0 amide bonds. The number of aliphatic hydroxyl groups is 1. The second-order valence-corrected chi connectivity index (χ2v) is 4.00. The van der Waals surface area contributed by atoms with Crippen LogP contribution in [0.15, 0.2) is 48.5 Å². The fourth-order valence-corrected chi connectivity index (χ4v) is 2.05. The summed E-state index contributed by atoms with van der Waals surface area (Å²) in [6.07, 6.45) is 0. The molecular weight excluding hydrogens is 210 g/mol. The lowest BCUT2D eigenvalue weighted by Crippen LogP contribution is -2.06. The number of aliphatic hydroxyl groups excluding tert-OH is 1. The molecule has 0 aliphatic carbocycles. The van der Waals surface area contributed by atoms with Crippen LogP contribution in [0.2, 0.25) is 0 Å². The van der Waals surface area contributed by atoms with Crippen molar-refractivity contribution in [2.75, 3.05) is 7.05 Å². The predicted molar refractivity (Wildman–Crippen MR) is 70.6 cm³/mol. The van der Waals surface area contributed by atoms with Gasteiger partial charge in [0, 0.05) is 6.54 Å². The van der Waals surface area contributed by atoms with E-state index in [9.17, 15) is 5.11 Å². The second kappa shape index (κ2) is 5.62. The Hall–Kier alpha value is -1.64. The van der Waals surface area contributed by atoms with E-state index in [0.29, 0.717) is 0 Å². The Morgan fingerprint density at radius 3 is 2.00 bits per heavy atom. The monoisotopic (exact) mass is 227 g/mol. The summed E-state index contributed by atoms with van der Waals surface area (Å²) in [7, 11) is 1.94. The molecule has 0 heterocycles. The van der Waals surface area contributed by atoms with Crippen LogP contribution in [0.25, 0.3) is 11.1 Å². The van der Waals surface area contributed by atoms with Crippen molar-refractivity contribution < 1.29 is 5.11 Å². The van der Waals surface area contributed by atoms with E-state index in [2.05, 4.69) is 23.5 Å². The van der Waals surface area contributed by atoms with E-state index in [1.165, 1.54) is 11.1 Å². The summed E-state index contributed by atoms with van der Waals surface area (Å²) in [5, 5.41) is 12.6. The molecule has 0 atom stereocenters. The first-order chi connectivity index (χ1) is 8.36. The van der Waals surface area contributed by atoms with Crippen molar-refractivity contribution >= 4 is 0 Å². The Labute approximate surface area is 102 Å². The van der Waals surface area contributed by atoms with E-state index >= 15 is 0 Å². The third kappa shape index (κ3) is 2.54. The predicted octanol–water partition coefficient (Wildman–Crippen LogP) is 2.57. The highest BCUT2D eigenvalue weighted by Gasteiger charge is 2.07. The molecule has 17 heavy (non-hydrogen) atoms. The van der Waals surface area contributed by atoms with E-state index in [-0.39, 0.29) is 6.61 Å². The molecule has 0 saturated heterocycles. The molecule has 0 fully saturated rings. The van der Waals surface area contributed by atoms with Crippen LogP contribution < -0.4 is 5.32 Å². The van der Waals surface area contributed by atoms with Gasteiger partial charge in [0.15, 0.2) is 0 Å². The molecule has 2 aromatic rings. The molecule has 0 spiro atoms. The summed E-state index contributed by atoms with van der Waals surface area (Å²) in [5.74, 6) is 0. The summed E-state index contributed by atoms with van der Waals surface area (Å²) in [6.45, 7) is 0.903. The van der Waals surface area contributed by atoms with E-state index in [1.807, 2.05) is 37.4 Å². The van der Waals surface area contributed by atoms with Crippen LogP contribution in [0.1, 0.15) is 11.1 Å². The molecule has 0 saturated carbocycles. The molecule has 2 aromatic carbocycles. The van der Waals surface area contributed by atoms with Crippen molar-refractivity contribution in [2.24, 2.45) is 0 Å². The number of hydrogen-bond donors (Lipinski definition) is 2. The number of rotatable bonds is 4. The van der Waals surface area contributed by atoms with E-state index < -0.39 is 0 Å². The van der Waals surface area contributed by atoms with E-state index in [1.54, 1.807) is 0 Å². The van der Waals surface area contributed by atoms with Crippen molar-refractivity contribution in [2.45, 2.75) is 13.2 Å². The fourth-order valence-electron chi connectivity index (χ4n) is 2.05. The minimum atomic E-state index is 0.0735. The quantitative estimate of drug-likeness (QED) is 0.841. The highest BCUT2D eigenvalue weighted by molar-refractivity contribution is 5.70. The lowest BCUT2D eigenvalue weighted by molar-refractivity contribution is 0.282. The van der Waals surface area contributed by atoms with E-state index in [0.717, 1.165) is 17.7 Å². The maximum Gasteiger partial charge on any atom is 0.0687 e. The largest absolute Gasteiger partial charge is 0.392 e. The SMILES string of the molecule is CNCc1ccccc1-c1ccccc1CO. The summed E-state index contributed by atoms with van der Waals surface area (Å²) >= 11 is 0. The molecule has 0 bridgehead atoms. The molecule has 2 N–H and O–H groups in total. The second-order valence-electron chi connectivity index (χ2n) is 4.00. The van der Waals surface area contributed by atoms with Gasteiger partial charge in [-0.25, -0.2) is 0 Å². The summed E-state index contributed by atoms with van der Waals surface area (Å²) in [4.78, 5) is 0. The Morgan fingerprint density at radius 2 is 1.41 bits per heavy atom. The van der Waals surface area contributed by atoms with Crippen molar-refractivity contribution in [3.63, 3.8) is 0 Å². The molecule has 2 rings (SSSR count). The van der Waals surface area contributed by atoms with Gasteiger partial charge in [0.05, 0.1) is 6.61 Å². The van der Waals surface area contributed by atoms with Gasteiger partial charge in [0.25, 0.3) is 0 Å². The molecule has 2 heteroatoms. The van der Waals surface area contributed by atoms with Gasteiger partial charge in [-0.2, -0.15) is 0 Å². The lowest BCUT2D eigenvalue weighted by atomic mass is 9.95. The number of hydrogen-bond acceptors (Lipinski definition) is 2. The molecule has 0 radical (unpaired) electrons. The Bertz CT molecular complexity index is 494. The summed E-state index contributed by atoms with van der Waals surface area (Å²) in [6, 6.07) is 16.3. The molecule has 88 valence electrons. The van der Waals surface area contributed by atoms with Crippen LogP contribution >= 0.6 is 0 Å². The van der Waals surface area contributed by atoms with Gasteiger partial charge in [-0.05, 0) is 29.3 Å². The number of benzene rings is 2. The zero-order valence-electron chi connectivity index (χ0n) is 9.98. The highest BCUT2D eigenvalue weighted by atomic mass is 16.3. The summed E-state index contributed by atoms with van der Waals surface area (Å²) in [5.41, 5.74) is 4.51. The van der Waals surface area contributed by atoms with Gasteiger partial charge in [-0.15, -0.1) is 0 Å². The van der Waals surface area contributed by atoms with Gasteiger partial charge in [-0.1, -0.05) is 48.5 Å². The van der Waals surface area contributed by atoms with Crippen molar-refractivity contribution in [3.05, 3.63) is 59.7 Å². The molecule has 2 nitrogen and oxygen atoms in total. The van der Waals surface area contributed by atoms with Gasteiger partial charge >= 0.3 is 0 Å². The molecular formula is C15H17NO. The van der Waals surface area contributed by atoms with Gasteiger partial charge in [-0.3, -0.25) is 0 Å². The Morgan fingerprint density at radius 1 is 0.882 bits per heavy atom. The smallest absolute Gasteiger partial charge is 0.0687 e. The van der Waals surface area contributed by atoms with Crippen LogP contribution in [0.4, 0.5) is 0 Å². The normalized spacial score (nSPS) is 10.5.